The molecule has 1 amide bonds. The summed E-state index contributed by atoms with van der Waals surface area (Å²) in [5, 5.41) is 11.0. The first kappa shape index (κ1) is 14.6. The first-order valence-electron chi connectivity index (χ1n) is 5.73. The lowest BCUT2D eigenvalue weighted by Gasteiger charge is -2.08. The molecule has 1 rings (SSSR count). The highest BCUT2D eigenvalue weighted by molar-refractivity contribution is 7.99. The van der Waals surface area contributed by atoms with E-state index in [4.69, 9.17) is 5.11 Å². The first-order chi connectivity index (χ1) is 8.59. The third-order valence-electron chi connectivity index (χ3n) is 2.36. The highest BCUT2D eigenvalue weighted by Gasteiger charge is 2.13. The molecule has 0 heterocycles. The second-order valence-electron chi connectivity index (χ2n) is 3.92. The molecule has 0 bridgehead atoms. The van der Waals surface area contributed by atoms with Crippen LogP contribution in [0.25, 0.3) is 0 Å². The smallest absolute Gasteiger partial charge is 0.325 e. The van der Waals surface area contributed by atoms with Gasteiger partial charge in [0.05, 0.1) is 5.75 Å². The van der Waals surface area contributed by atoms with E-state index in [0.29, 0.717) is 5.75 Å². The molecule has 0 fully saturated rings. The number of amides is 1. The summed E-state index contributed by atoms with van der Waals surface area (Å²) in [6.45, 7) is 1.45. The van der Waals surface area contributed by atoms with Gasteiger partial charge in [-0.05, 0) is 24.7 Å². The molecule has 0 radical (unpaired) electrons. The van der Waals surface area contributed by atoms with E-state index in [-0.39, 0.29) is 5.91 Å². The van der Waals surface area contributed by atoms with Crippen molar-refractivity contribution in [3.63, 3.8) is 0 Å². The van der Waals surface area contributed by atoms with Gasteiger partial charge in [-0.25, -0.2) is 0 Å². The molecule has 1 atom stereocenters. The van der Waals surface area contributed by atoms with E-state index in [1.54, 1.807) is 0 Å². The molecule has 0 aliphatic rings. The predicted molar refractivity (Wildman–Crippen MR) is 72.7 cm³/mol. The molecule has 0 aliphatic carbocycles. The fourth-order valence-corrected chi connectivity index (χ4v) is 2.14. The molecule has 5 heteroatoms. The number of hydrogen-bond donors (Lipinski definition) is 2. The van der Waals surface area contributed by atoms with Crippen molar-refractivity contribution in [2.75, 3.05) is 11.5 Å². The van der Waals surface area contributed by atoms with Crippen LogP contribution >= 0.6 is 11.8 Å². The Hall–Kier alpha value is -1.49. The predicted octanol–water partition coefficient (Wildman–Crippen LogP) is 1.55. The molecule has 98 valence electrons. The molecule has 1 aromatic rings. The number of nitrogens with one attached hydrogen (secondary N) is 1. The van der Waals surface area contributed by atoms with Crippen LogP contribution in [0.4, 0.5) is 0 Å². The van der Waals surface area contributed by atoms with E-state index < -0.39 is 12.0 Å². The minimum absolute atomic E-state index is 0.233. The van der Waals surface area contributed by atoms with Gasteiger partial charge in [-0.3, -0.25) is 9.59 Å². The van der Waals surface area contributed by atoms with Gasteiger partial charge in [-0.15, -0.1) is 0 Å². The van der Waals surface area contributed by atoms with Crippen LogP contribution in [0.3, 0.4) is 0 Å². The van der Waals surface area contributed by atoms with Gasteiger partial charge in [0.1, 0.15) is 6.04 Å². The Morgan fingerprint density at radius 1 is 1.33 bits per heavy atom. The van der Waals surface area contributed by atoms with Crippen molar-refractivity contribution in [2.24, 2.45) is 0 Å². The summed E-state index contributed by atoms with van der Waals surface area (Å²) in [4.78, 5) is 21.9. The van der Waals surface area contributed by atoms with Crippen LogP contribution in [-0.4, -0.2) is 34.5 Å². The quantitative estimate of drug-likeness (QED) is 0.736. The molecule has 2 N–H and O–H groups in total. The van der Waals surface area contributed by atoms with Gasteiger partial charge in [0, 0.05) is 0 Å². The molecular weight excluding hydrogens is 250 g/mol. The van der Waals surface area contributed by atoms with Crippen molar-refractivity contribution in [1.29, 1.82) is 0 Å². The maximum atomic E-state index is 11.4. The highest BCUT2D eigenvalue weighted by atomic mass is 32.2. The van der Waals surface area contributed by atoms with Crippen molar-refractivity contribution in [3.8, 4) is 0 Å². The molecule has 1 aromatic carbocycles. The highest BCUT2D eigenvalue weighted by Crippen LogP contribution is 2.06. The van der Waals surface area contributed by atoms with Crippen LogP contribution in [0.15, 0.2) is 30.3 Å². The molecule has 0 saturated heterocycles. The van der Waals surface area contributed by atoms with E-state index in [0.717, 1.165) is 12.2 Å². The normalized spacial score (nSPS) is 11.8. The summed E-state index contributed by atoms with van der Waals surface area (Å²) in [7, 11) is 0. The van der Waals surface area contributed by atoms with E-state index in [1.807, 2.05) is 30.3 Å². The maximum absolute atomic E-state index is 11.4. The van der Waals surface area contributed by atoms with Crippen LogP contribution in [-0.2, 0) is 16.0 Å². The zero-order chi connectivity index (χ0) is 13.4. The minimum Gasteiger partial charge on any atom is -0.480 e. The second-order valence-corrected chi connectivity index (χ2v) is 5.02. The van der Waals surface area contributed by atoms with Crippen molar-refractivity contribution in [2.45, 2.75) is 19.4 Å². The summed E-state index contributed by atoms with van der Waals surface area (Å²) in [5.41, 5.74) is 1.24. The largest absolute Gasteiger partial charge is 0.480 e. The van der Waals surface area contributed by atoms with Crippen molar-refractivity contribution >= 4 is 23.6 Å². The van der Waals surface area contributed by atoms with Gasteiger partial charge < -0.3 is 10.4 Å². The number of carboxylic acid groups (broad SMARTS) is 1. The lowest BCUT2D eigenvalue weighted by atomic mass is 10.2. The Kier molecular flexibility index (Phi) is 6.28. The third kappa shape index (κ3) is 5.72. The number of hydrogen-bond acceptors (Lipinski definition) is 3. The maximum Gasteiger partial charge on any atom is 0.325 e. The van der Waals surface area contributed by atoms with Crippen molar-refractivity contribution < 1.29 is 14.7 Å². The topological polar surface area (TPSA) is 66.4 Å². The molecule has 0 saturated carbocycles. The molecule has 0 aliphatic heterocycles. The SMILES string of the molecule is C[C@H](NC(=O)CSCCc1ccccc1)C(=O)O. The average Bonchev–Trinajstić information content (AvgIpc) is 2.35. The van der Waals surface area contributed by atoms with Gasteiger partial charge in [0.25, 0.3) is 0 Å². The first-order valence-corrected chi connectivity index (χ1v) is 6.89. The van der Waals surface area contributed by atoms with Gasteiger partial charge in [-0.2, -0.15) is 11.8 Å². The average molecular weight is 267 g/mol. The fourth-order valence-electron chi connectivity index (χ4n) is 1.34. The lowest BCUT2D eigenvalue weighted by Crippen LogP contribution is -2.39. The number of thioether (sulfide) groups is 1. The van der Waals surface area contributed by atoms with Crippen molar-refractivity contribution in [3.05, 3.63) is 35.9 Å². The number of carbonyl (C=O) groups is 2. The van der Waals surface area contributed by atoms with Gasteiger partial charge >= 0.3 is 5.97 Å². The molecule has 0 aromatic heterocycles. The summed E-state index contributed by atoms with van der Waals surface area (Å²) in [5.74, 6) is -0.107. The van der Waals surface area contributed by atoms with Gasteiger partial charge in [0.15, 0.2) is 0 Å². The lowest BCUT2D eigenvalue weighted by molar-refractivity contribution is -0.140. The van der Waals surface area contributed by atoms with Crippen LogP contribution in [0.1, 0.15) is 12.5 Å². The number of aryl methyl sites for hydroxylation is 1. The summed E-state index contributed by atoms with van der Waals surface area (Å²) < 4.78 is 0. The van der Waals surface area contributed by atoms with Gasteiger partial charge in [0.2, 0.25) is 5.91 Å². The number of benzene rings is 1. The Bertz CT molecular complexity index is 394. The standard InChI is InChI=1S/C13H17NO3S/c1-10(13(16)17)14-12(15)9-18-8-7-11-5-3-2-4-6-11/h2-6,10H,7-9H2,1H3,(H,14,15)(H,16,17)/t10-/m0/s1. The monoisotopic (exact) mass is 267 g/mol. The summed E-state index contributed by atoms with van der Waals surface area (Å²) >= 11 is 1.50. The second kappa shape index (κ2) is 7.76. The zero-order valence-corrected chi connectivity index (χ0v) is 11.1. The fraction of sp³-hybridized carbons (Fsp3) is 0.385. The summed E-state index contributed by atoms with van der Waals surface area (Å²) in [6.07, 6.45) is 0.910. The van der Waals surface area contributed by atoms with Crippen LogP contribution in [0, 0.1) is 0 Å². The van der Waals surface area contributed by atoms with Crippen molar-refractivity contribution in [1.82, 2.24) is 5.32 Å². The number of rotatable bonds is 7. The number of aliphatic carboxylic acids is 1. The Labute approximate surface area is 111 Å². The molecule has 18 heavy (non-hydrogen) atoms. The minimum atomic E-state index is -1.02. The number of carbonyl (C=O) groups excluding carboxylic acids is 1. The Morgan fingerprint density at radius 3 is 2.61 bits per heavy atom. The van der Waals surface area contributed by atoms with Crippen LogP contribution in [0.5, 0.6) is 0 Å². The van der Waals surface area contributed by atoms with Crippen LogP contribution in [0.2, 0.25) is 0 Å². The Morgan fingerprint density at radius 2 is 2.00 bits per heavy atom. The van der Waals surface area contributed by atoms with Crippen LogP contribution < -0.4 is 5.32 Å². The third-order valence-corrected chi connectivity index (χ3v) is 3.32. The zero-order valence-electron chi connectivity index (χ0n) is 10.3. The Balaban J connectivity index is 2.14. The van der Waals surface area contributed by atoms with E-state index in [9.17, 15) is 9.59 Å². The molecule has 0 spiro atoms. The number of carboxylic acids is 1. The van der Waals surface area contributed by atoms with Gasteiger partial charge in [-0.1, -0.05) is 30.3 Å². The van der Waals surface area contributed by atoms with E-state index in [2.05, 4.69) is 5.32 Å². The summed E-state index contributed by atoms with van der Waals surface area (Å²) in [6, 6.07) is 9.22. The molecule has 0 unspecified atom stereocenters. The molecule has 4 nitrogen and oxygen atoms in total. The van der Waals surface area contributed by atoms with E-state index in [1.165, 1.54) is 24.2 Å². The molecular formula is C13H17NO3S. The van der Waals surface area contributed by atoms with E-state index >= 15 is 0 Å².